The minimum absolute atomic E-state index is 0.209. The summed E-state index contributed by atoms with van der Waals surface area (Å²) in [5.41, 5.74) is 1.86. The van der Waals surface area contributed by atoms with Crippen molar-refractivity contribution in [2.75, 3.05) is 33.2 Å². The number of carbonyl (C=O) groups excluding carboxylic acids is 2. The fourth-order valence-corrected chi connectivity index (χ4v) is 3.20. The minimum atomic E-state index is -0.445. The van der Waals surface area contributed by atoms with E-state index in [0.717, 1.165) is 19.5 Å². The van der Waals surface area contributed by atoms with Gasteiger partial charge >= 0.3 is 6.09 Å². The van der Waals surface area contributed by atoms with Gasteiger partial charge in [-0.05, 0) is 78.8 Å². The number of piperazine rings is 1. The van der Waals surface area contributed by atoms with Gasteiger partial charge in [-0.2, -0.15) is 0 Å². The Bertz CT molecular complexity index is 706. The molecular formula is C27H49N3O4. The average molecular weight is 480 g/mol. The van der Waals surface area contributed by atoms with Gasteiger partial charge in [0.15, 0.2) is 0 Å². The van der Waals surface area contributed by atoms with Crippen LogP contribution in [0.3, 0.4) is 0 Å². The molecular weight excluding hydrogens is 430 g/mol. The van der Waals surface area contributed by atoms with Gasteiger partial charge in [0.05, 0.1) is 6.04 Å². The van der Waals surface area contributed by atoms with Crippen LogP contribution in [0.1, 0.15) is 75.7 Å². The molecule has 1 saturated heterocycles. The summed E-state index contributed by atoms with van der Waals surface area (Å²) in [5, 5.41) is 0. The molecule has 7 heteroatoms. The first-order valence-electron chi connectivity index (χ1n) is 12.4. The number of ether oxygens (including phenoxy) is 2. The molecule has 2 heterocycles. The second-order valence-corrected chi connectivity index (χ2v) is 10.1. The zero-order chi connectivity index (χ0) is 26.5. The van der Waals surface area contributed by atoms with Crippen LogP contribution in [0.2, 0.25) is 0 Å². The molecule has 1 atom stereocenters. The number of hydrogen-bond acceptors (Lipinski definition) is 6. The van der Waals surface area contributed by atoms with Gasteiger partial charge in [0.25, 0.3) is 6.47 Å². The van der Waals surface area contributed by atoms with E-state index in [-0.39, 0.29) is 11.7 Å². The van der Waals surface area contributed by atoms with Crippen LogP contribution in [-0.2, 0) is 14.3 Å². The molecule has 0 aliphatic carbocycles. The number of carbonyl (C=O) groups is 2. The summed E-state index contributed by atoms with van der Waals surface area (Å²) in [6, 6.07) is 0.375. The quantitative estimate of drug-likeness (QED) is 0.490. The Hall–Kier alpha value is -2.44. The highest BCUT2D eigenvalue weighted by molar-refractivity contribution is 5.68. The predicted octanol–water partition coefficient (Wildman–Crippen LogP) is 5.59. The second kappa shape index (κ2) is 14.7. The molecule has 0 radical (unpaired) electrons. The van der Waals surface area contributed by atoms with Crippen LogP contribution < -0.4 is 0 Å². The highest BCUT2D eigenvalue weighted by Gasteiger charge is 2.28. The fourth-order valence-electron chi connectivity index (χ4n) is 3.20. The molecule has 0 saturated carbocycles. The van der Waals surface area contributed by atoms with E-state index in [1.165, 1.54) is 11.3 Å². The minimum Gasteiger partial charge on any atom is -0.462 e. The first-order valence-corrected chi connectivity index (χ1v) is 12.4. The number of rotatable bonds is 4. The summed E-state index contributed by atoms with van der Waals surface area (Å²) in [7, 11) is 2.11. The molecule has 0 N–H and O–H groups in total. The average Bonchev–Trinajstić information content (AvgIpc) is 3.07. The molecule has 196 valence electrons. The molecule has 1 unspecified atom stereocenters. The van der Waals surface area contributed by atoms with E-state index in [2.05, 4.69) is 59.9 Å². The number of likely N-dealkylation sites (N-methyl/N-ethyl adjacent to an activating group) is 1. The Balaban J connectivity index is 0.00000104. The van der Waals surface area contributed by atoms with E-state index >= 15 is 0 Å². The van der Waals surface area contributed by atoms with Crippen LogP contribution in [0, 0.1) is 0 Å². The molecule has 0 bridgehead atoms. The molecule has 2 aliphatic heterocycles. The van der Waals surface area contributed by atoms with Gasteiger partial charge in [0.2, 0.25) is 0 Å². The second-order valence-electron chi connectivity index (χ2n) is 10.1. The summed E-state index contributed by atoms with van der Waals surface area (Å²) < 4.78 is 10.0. The van der Waals surface area contributed by atoms with Gasteiger partial charge in [-0.15, -0.1) is 0 Å². The Morgan fingerprint density at radius 1 is 1.03 bits per heavy atom. The highest BCUT2D eigenvalue weighted by atomic mass is 16.6. The Morgan fingerprint density at radius 2 is 1.56 bits per heavy atom. The third-order valence-electron chi connectivity index (χ3n) is 5.03. The van der Waals surface area contributed by atoms with Crippen LogP contribution in [0.5, 0.6) is 0 Å². The van der Waals surface area contributed by atoms with Gasteiger partial charge < -0.3 is 24.2 Å². The van der Waals surface area contributed by atoms with Crippen molar-refractivity contribution in [3.05, 3.63) is 35.7 Å². The maximum Gasteiger partial charge on any atom is 0.410 e. The van der Waals surface area contributed by atoms with Gasteiger partial charge in [-0.3, -0.25) is 4.79 Å². The van der Waals surface area contributed by atoms with E-state index in [1.54, 1.807) is 0 Å². The smallest absolute Gasteiger partial charge is 0.410 e. The largest absolute Gasteiger partial charge is 0.462 e. The summed E-state index contributed by atoms with van der Waals surface area (Å²) in [6.45, 7) is 23.1. The highest BCUT2D eigenvalue weighted by Crippen LogP contribution is 2.26. The van der Waals surface area contributed by atoms with Gasteiger partial charge in [0, 0.05) is 38.9 Å². The predicted molar refractivity (Wildman–Crippen MR) is 140 cm³/mol. The number of nitrogens with zero attached hydrogens (tertiary/aromatic N) is 3. The van der Waals surface area contributed by atoms with Crippen molar-refractivity contribution in [2.45, 2.75) is 92.9 Å². The lowest BCUT2D eigenvalue weighted by molar-refractivity contribution is -0.138. The maximum absolute atomic E-state index is 12.3. The van der Waals surface area contributed by atoms with Gasteiger partial charge in [0.1, 0.15) is 11.2 Å². The molecule has 2 rings (SSSR count). The van der Waals surface area contributed by atoms with Crippen LogP contribution in [-0.4, -0.2) is 77.7 Å². The first kappa shape index (κ1) is 31.6. The molecule has 0 aromatic heterocycles. The summed E-state index contributed by atoms with van der Waals surface area (Å²) in [4.78, 5) is 28.3. The van der Waals surface area contributed by atoms with E-state index in [0.29, 0.717) is 25.6 Å². The standard InChI is InChI=1S/C20H33N3O2.C5H10O2.C2H6/c1-7-8-9-18(17-10-11-21(6)16(17)2)22-12-14-23(15-13-22)19(24)25-20(3,4)5;1-5(2,3)7-4-6;1-2/h8-11,16H,7,12-15H2,1-6H3;4H,1-3H3;1-2H3/b9-8-,18-17+;;. The van der Waals surface area contributed by atoms with Gasteiger partial charge in [-0.25, -0.2) is 4.79 Å². The SMILES string of the molecule is CC.CC(C)(C)OC=O.CC/C=C\C(=C1\C=CN(C)C1C)N1CCN(C(=O)OC(C)(C)C)CC1. The molecule has 34 heavy (non-hydrogen) atoms. The lowest BCUT2D eigenvalue weighted by atomic mass is 10.1. The van der Waals surface area contributed by atoms with E-state index in [1.807, 2.05) is 60.3 Å². The van der Waals surface area contributed by atoms with E-state index in [4.69, 9.17) is 4.74 Å². The normalized spacial score (nSPS) is 19.7. The van der Waals surface area contributed by atoms with Crippen molar-refractivity contribution in [3.8, 4) is 0 Å². The Morgan fingerprint density at radius 3 is 1.91 bits per heavy atom. The fraction of sp³-hybridized carbons (Fsp3) is 0.704. The number of amides is 1. The maximum atomic E-state index is 12.3. The summed E-state index contributed by atoms with van der Waals surface area (Å²) in [6.07, 6.45) is 9.60. The van der Waals surface area contributed by atoms with Crippen LogP contribution in [0.25, 0.3) is 0 Å². The lowest BCUT2D eigenvalue weighted by Gasteiger charge is -2.38. The zero-order valence-corrected chi connectivity index (χ0v) is 23.5. The molecule has 0 aromatic carbocycles. The molecule has 1 fully saturated rings. The van der Waals surface area contributed by atoms with Crippen molar-refractivity contribution >= 4 is 12.6 Å². The van der Waals surface area contributed by atoms with Crippen molar-refractivity contribution in [3.63, 3.8) is 0 Å². The van der Waals surface area contributed by atoms with Crippen molar-refractivity contribution in [1.82, 2.24) is 14.7 Å². The van der Waals surface area contributed by atoms with Crippen molar-refractivity contribution in [1.29, 1.82) is 0 Å². The Labute approximate surface area is 208 Å². The molecule has 0 aromatic rings. The molecule has 0 spiro atoms. The topological polar surface area (TPSA) is 62.3 Å². The van der Waals surface area contributed by atoms with Crippen LogP contribution in [0.15, 0.2) is 35.7 Å². The third-order valence-corrected chi connectivity index (χ3v) is 5.03. The van der Waals surface area contributed by atoms with E-state index in [9.17, 15) is 9.59 Å². The van der Waals surface area contributed by atoms with Gasteiger partial charge in [-0.1, -0.05) is 26.8 Å². The van der Waals surface area contributed by atoms with E-state index < -0.39 is 5.60 Å². The third kappa shape index (κ3) is 11.6. The van der Waals surface area contributed by atoms with Crippen molar-refractivity contribution < 1.29 is 19.1 Å². The monoisotopic (exact) mass is 479 g/mol. The molecule has 2 aliphatic rings. The van der Waals surface area contributed by atoms with Crippen LogP contribution >= 0.6 is 0 Å². The number of hydrogen-bond donors (Lipinski definition) is 0. The lowest BCUT2D eigenvalue weighted by Crippen LogP contribution is -2.49. The number of allylic oxidation sites excluding steroid dienone is 2. The summed E-state index contributed by atoms with van der Waals surface area (Å²) in [5.74, 6) is 0. The summed E-state index contributed by atoms with van der Waals surface area (Å²) >= 11 is 0. The van der Waals surface area contributed by atoms with Crippen LogP contribution in [0.4, 0.5) is 4.79 Å². The Kier molecular flexibility index (Phi) is 13.7. The molecule has 7 nitrogen and oxygen atoms in total. The first-order chi connectivity index (χ1) is 15.8. The molecule has 1 amide bonds. The van der Waals surface area contributed by atoms with Crippen molar-refractivity contribution in [2.24, 2.45) is 0 Å². The zero-order valence-electron chi connectivity index (χ0n) is 23.5.